The van der Waals surface area contributed by atoms with Crippen LogP contribution in [0.15, 0.2) is 90.2 Å². The summed E-state index contributed by atoms with van der Waals surface area (Å²) >= 11 is 0. The van der Waals surface area contributed by atoms with E-state index in [0.717, 1.165) is 44.0 Å². The van der Waals surface area contributed by atoms with E-state index in [1.807, 2.05) is 30.5 Å². The molecule has 0 radical (unpaired) electrons. The van der Waals surface area contributed by atoms with E-state index in [9.17, 15) is 0 Å². The highest BCUT2D eigenvalue weighted by Gasteiger charge is 2.43. The van der Waals surface area contributed by atoms with E-state index in [0.29, 0.717) is 11.5 Å². The van der Waals surface area contributed by atoms with E-state index >= 15 is 0 Å². The molecule has 0 saturated carbocycles. The highest BCUT2D eigenvalue weighted by atomic mass is 16.7. The molecule has 1 N–H and O–H groups in total. The van der Waals surface area contributed by atoms with Gasteiger partial charge >= 0.3 is 5.91 Å². The molecular formula is C28H16N4O2. The normalized spacial score (nSPS) is 18.1. The Kier molecular flexibility index (Phi) is 3.25. The number of nitrogens with one attached hydrogen (secondary N) is 1. The van der Waals surface area contributed by atoms with Gasteiger partial charge in [0.1, 0.15) is 11.9 Å². The van der Waals surface area contributed by atoms with Crippen LogP contribution < -0.4 is 14.8 Å². The van der Waals surface area contributed by atoms with Gasteiger partial charge in [0, 0.05) is 28.6 Å². The summed E-state index contributed by atoms with van der Waals surface area (Å²) in [5, 5.41) is 9.92. The first kappa shape index (κ1) is 17.8. The summed E-state index contributed by atoms with van der Waals surface area (Å²) in [5.74, 6) is 0.169. The smallest absolute Gasteiger partial charge is 0.375 e. The Labute approximate surface area is 193 Å². The number of hydrogen-bond donors (Lipinski definition) is 1. The van der Waals surface area contributed by atoms with Crippen molar-refractivity contribution in [1.82, 2.24) is 9.97 Å². The second-order valence-electron chi connectivity index (χ2n) is 8.65. The topological polar surface area (TPSA) is 68.6 Å². The number of hydrogen-bond acceptors (Lipinski definition) is 6. The largest absolute Gasteiger partial charge is 0.429 e. The third kappa shape index (κ3) is 2.42. The Hall–Kier alpha value is -4.71. The predicted molar refractivity (Wildman–Crippen MR) is 134 cm³/mol. The monoisotopic (exact) mass is 440 g/mol. The number of ether oxygens (including phenoxy) is 2. The van der Waals surface area contributed by atoms with Crippen LogP contribution in [-0.2, 0) is 0 Å². The molecule has 0 aliphatic carbocycles. The molecule has 0 unspecified atom stereocenters. The van der Waals surface area contributed by atoms with Gasteiger partial charge in [0.05, 0.1) is 16.7 Å². The molecule has 2 aromatic heterocycles. The molecule has 6 nitrogen and oxygen atoms in total. The lowest BCUT2D eigenvalue weighted by molar-refractivity contribution is -0.0109. The maximum Gasteiger partial charge on any atom is 0.375 e. The predicted octanol–water partition coefficient (Wildman–Crippen LogP) is 6.34. The summed E-state index contributed by atoms with van der Waals surface area (Å²) in [7, 11) is 0. The molecule has 4 aromatic carbocycles. The molecule has 0 saturated heterocycles. The van der Waals surface area contributed by atoms with Crippen molar-refractivity contribution >= 4 is 60.9 Å². The summed E-state index contributed by atoms with van der Waals surface area (Å²) in [6.45, 7) is 0. The van der Waals surface area contributed by atoms with Crippen LogP contribution in [0.2, 0.25) is 0 Å². The first-order valence-electron chi connectivity index (χ1n) is 11.1. The minimum Gasteiger partial charge on any atom is -0.429 e. The Bertz CT molecular complexity index is 1800. The van der Waals surface area contributed by atoms with E-state index < -0.39 is 5.91 Å². The molecule has 0 bridgehead atoms. The van der Waals surface area contributed by atoms with E-state index in [4.69, 9.17) is 19.5 Å². The summed E-state index contributed by atoms with van der Waals surface area (Å²) in [6.07, 6.45) is 5.26. The fourth-order valence-corrected chi connectivity index (χ4v) is 4.98. The van der Waals surface area contributed by atoms with Gasteiger partial charge in [-0.3, -0.25) is 4.98 Å². The number of aromatic nitrogens is 2. The van der Waals surface area contributed by atoms with E-state index in [2.05, 4.69) is 58.8 Å². The quantitative estimate of drug-likeness (QED) is 0.220. The first-order chi connectivity index (χ1) is 16.7. The summed E-state index contributed by atoms with van der Waals surface area (Å²) in [6, 6.07) is 24.6. The highest BCUT2D eigenvalue weighted by molar-refractivity contribution is 6.12. The average Bonchev–Trinajstić information content (AvgIpc) is 3.21. The number of benzene rings is 4. The maximum absolute atomic E-state index is 6.37. The third-order valence-electron chi connectivity index (χ3n) is 6.56. The van der Waals surface area contributed by atoms with Crippen molar-refractivity contribution in [2.75, 3.05) is 5.32 Å². The third-order valence-corrected chi connectivity index (χ3v) is 6.56. The zero-order valence-corrected chi connectivity index (χ0v) is 17.8. The number of anilines is 1. The van der Waals surface area contributed by atoms with Crippen LogP contribution in [-0.4, -0.2) is 22.1 Å². The molecule has 0 fully saturated rings. The lowest BCUT2D eigenvalue weighted by atomic mass is 10.0. The molecule has 8 rings (SSSR count). The van der Waals surface area contributed by atoms with Crippen LogP contribution in [0.1, 0.15) is 0 Å². The zero-order chi connectivity index (χ0) is 22.3. The van der Waals surface area contributed by atoms with E-state index in [-0.39, 0.29) is 0 Å². The van der Waals surface area contributed by atoms with Crippen molar-refractivity contribution in [3.8, 4) is 11.5 Å². The number of fused-ring (bicyclic) bond motifs is 8. The Morgan fingerprint density at radius 2 is 1.62 bits per heavy atom. The van der Waals surface area contributed by atoms with Crippen molar-refractivity contribution in [2.45, 2.75) is 5.91 Å². The maximum atomic E-state index is 6.37. The molecule has 4 heterocycles. The number of aliphatic imine (C=N–C) groups is 1. The minimum atomic E-state index is -1.20. The molecule has 1 spiro atoms. The minimum absolute atomic E-state index is 0.671. The van der Waals surface area contributed by atoms with Crippen molar-refractivity contribution in [1.29, 1.82) is 0 Å². The van der Waals surface area contributed by atoms with Crippen LogP contribution in [0.3, 0.4) is 0 Å². The molecule has 6 heteroatoms. The standard InChI is InChI=1S/C28H16N4O2/c1-2-4-19-16(3-1)5-6-21-20(19)7-8-25-27(21)30-15-28(33-25)32-24-13-23-17(12-26(24)34-28)11-18-14-29-10-9-22(18)31-23/h1-15,32H/t28-/m1/s1. The van der Waals surface area contributed by atoms with Gasteiger partial charge in [0.25, 0.3) is 0 Å². The molecule has 6 aromatic rings. The Morgan fingerprint density at radius 1 is 0.706 bits per heavy atom. The number of nitrogens with zero attached hydrogens (tertiary/aromatic N) is 3. The van der Waals surface area contributed by atoms with E-state index in [1.165, 1.54) is 10.8 Å². The second kappa shape index (κ2) is 6.20. The van der Waals surface area contributed by atoms with Gasteiger partial charge in [-0.1, -0.05) is 36.4 Å². The van der Waals surface area contributed by atoms with Gasteiger partial charge in [0.15, 0.2) is 11.5 Å². The lowest BCUT2D eigenvalue weighted by Crippen LogP contribution is -2.49. The molecule has 2 aliphatic heterocycles. The summed E-state index contributed by atoms with van der Waals surface area (Å²) < 4.78 is 12.6. The van der Waals surface area contributed by atoms with Gasteiger partial charge in [0.2, 0.25) is 0 Å². The van der Waals surface area contributed by atoms with Gasteiger partial charge in [-0.15, -0.1) is 0 Å². The molecule has 34 heavy (non-hydrogen) atoms. The van der Waals surface area contributed by atoms with Crippen LogP contribution in [0, 0.1) is 0 Å². The van der Waals surface area contributed by atoms with Crippen LogP contribution in [0.5, 0.6) is 11.5 Å². The fourth-order valence-electron chi connectivity index (χ4n) is 4.98. The molecule has 160 valence electrons. The lowest BCUT2D eigenvalue weighted by Gasteiger charge is -2.29. The van der Waals surface area contributed by atoms with Gasteiger partial charge < -0.3 is 14.8 Å². The van der Waals surface area contributed by atoms with Gasteiger partial charge in [-0.25, -0.2) is 9.98 Å². The molecule has 2 aliphatic rings. The van der Waals surface area contributed by atoms with Crippen molar-refractivity contribution in [3.05, 3.63) is 85.2 Å². The van der Waals surface area contributed by atoms with Crippen molar-refractivity contribution in [2.24, 2.45) is 4.99 Å². The summed E-state index contributed by atoms with van der Waals surface area (Å²) in [5.41, 5.74) is 3.40. The Morgan fingerprint density at radius 3 is 2.62 bits per heavy atom. The van der Waals surface area contributed by atoms with Crippen LogP contribution >= 0.6 is 0 Å². The Balaban J connectivity index is 1.22. The molecule has 1 atom stereocenters. The van der Waals surface area contributed by atoms with Gasteiger partial charge in [-0.2, -0.15) is 0 Å². The zero-order valence-electron chi connectivity index (χ0n) is 17.8. The SMILES string of the molecule is C1=Nc2c(ccc3c2ccc2ccccc23)O[C@]12Nc1cc3nc4ccncc4cc3cc1O2. The second-order valence-corrected chi connectivity index (χ2v) is 8.65. The first-order valence-corrected chi connectivity index (χ1v) is 11.1. The van der Waals surface area contributed by atoms with Crippen LogP contribution in [0.4, 0.5) is 11.4 Å². The van der Waals surface area contributed by atoms with Crippen molar-refractivity contribution in [3.63, 3.8) is 0 Å². The molecule has 0 amide bonds. The number of rotatable bonds is 0. The van der Waals surface area contributed by atoms with Gasteiger partial charge in [-0.05, 0) is 52.6 Å². The summed E-state index contributed by atoms with van der Waals surface area (Å²) in [4.78, 5) is 13.8. The highest BCUT2D eigenvalue weighted by Crippen LogP contribution is 2.46. The molecular weight excluding hydrogens is 424 g/mol. The van der Waals surface area contributed by atoms with Crippen LogP contribution in [0.25, 0.3) is 43.4 Å². The van der Waals surface area contributed by atoms with Crippen molar-refractivity contribution < 1.29 is 9.47 Å². The fraction of sp³-hybridized carbons (Fsp3) is 0.0357. The average molecular weight is 440 g/mol. The van der Waals surface area contributed by atoms with E-state index in [1.54, 1.807) is 12.4 Å². The number of pyridine rings is 2.